The minimum atomic E-state index is -0.913. The van der Waals surface area contributed by atoms with E-state index < -0.39 is 5.97 Å². The number of aliphatic carboxylic acids is 1. The molecule has 6 nitrogen and oxygen atoms in total. The maximum absolute atomic E-state index is 10.4. The zero-order valence-corrected chi connectivity index (χ0v) is 8.72. The van der Waals surface area contributed by atoms with E-state index in [1.54, 1.807) is 6.07 Å². The van der Waals surface area contributed by atoms with Crippen molar-refractivity contribution >= 4 is 11.8 Å². The highest BCUT2D eigenvalue weighted by Crippen LogP contribution is 2.24. The number of hydrogen-bond donors (Lipinski definition) is 2. The van der Waals surface area contributed by atoms with Crippen LogP contribution in [-0.4, -0.2) is 40.8 Å². The Labute approximate surface area is 92.7 Å². The van der Waals surface area contributed by atoms with Crippen molar-refractivity contribution in [3.05, 3.63) is 18.1 Å². The number of carboxylic acids is 1. The highest BCUT2D eigenvalue weighted by molar-refractivity contribution is 5.72. The normalized spacial score (nSPS) is 19.6. The highest BCUT2D eigenvalue weighted by atomic mass is 16.5. The highest BCUT2D eigenvalue weighted by Gasteiger charge is 2.19. The van der Waals surface area contributed by atoms with E-state index >= 15 is 0 Å². The van der Waals surface area contributed by atoms with E-state index in [4.69, 9.17) is 9.84 Å². The third kappa shape index (κ3) is 2.66. The van der Waals surface area contributed by atoms with Crippen LogP contribution in [0.4, 0.5) is 5.82 Å². The van der Waals surface area contributed by atoms with E-state index in [9.17, 15) is 4.79 Å². The predicted octanol–water partition coefficient (Wildman–Crippen LogP) is 0.477. The third-order valence-electron chi connectivity index (χ3n) is 2.46. The van der Waals surface area contributed by atoms with E-state index in [-0.39, 0.29) is 6.54 Å². The van der Waals surface area contributed by atoms with Gasteiger partial charge in [-0.1, -0.05) is 0 Å². The van der Waals surface area contributed by atoms with Gasteiger partial charge in [0, 0.05) is 18.6 Å². The molecule has 0 saturated carbocycles. The molecule has 1 atom stereocenters. The molecule has 16 heavy (non-hydrogen) atoms. The van der Waals surface area contributed by atoms with Crippen LogP contribution in [-0.2, 0) is 9.53 Å². The Hall–Kier alpha value is -1.69. The summed E-state index contributed by atoms with van der Waals surface area (Å²) in [6.45, 7) is 1.29. The molecule has 6 heteroatoms. The van der Waals surface area contributed by atoms with Crippen molar-refractivity contribution < 1.29 is 14.6 Å². The summed E-state index contributed by atoms with van der Waals surface area (Å²) in [5.74, 6) is -0.0722. The van der Waals surface area contributed by atoms with Gasteiger partial charge in [0.25, 0.3) is 0 Å². The predicted molar refractivity (Wildman–Crippen MR) is 56.3 cm³/mol. The minimum absolute atomic E-state index is 0.141. The lowest BCUT2D eigenvalue weighted by atomic mass is 10.1. The Morgan fingerprint density at radius 2 is 2.50 bits per heavy atom. The third-order valence-corrected chi connectivity index (χ3v) is 2.46. The second kappa shape index (κ2) is 4.89. The SMILES string of the molecule is O=C(O)CNc1cc([C@@H]2CCOC2)ncn1. The van der Waals surface area contributed by atoms with Crippen LogP contribution in [0.25, 0.3) is 0 Å². The molecule has 1 aromatic rings. The molecule has 86 valence electrons. The van der Waals surface area contributed by atoms with Crippen LogP contribution in [0.2, 0.25) is 0 Å². The molecule has 0 unspecified atom stereocenters. The van der Waals surface area contributed by atoms with Crippen LogP contribution < -0.4 is 5.32 Å². The number of carbonyl (C=O) groups is 1. The Morgan fingerprint density at radius 1 is 1.62 bits per heavy atom. The molecule has 1 aromatic heterocycles. The number of rotatable bonds is 4. The van der Waals surface area contributed by atoms with Gasteiger partial charge in [0.1, 0.15) is 18.7 Å². The Kier molecular flexibility index (Phi) is 3.31. The fourth-order valence-corrected chi connectivity index (χ4v) is 1.63. The van der Waals surface area contributed by atoms with Crippen LogP contribution in [0.5, 0.6) is 0 Å². The zero-order chi connectivity index (χ0) is 11.4. The monoisotopic (exact) mass is 223 g/mol. The molecule has 0 aromatic carbocycles. The van der Waals surface area contributed by atoms with E-state index in [0.717, 1.165) is 18.7 Å². The smallest absolute Gasteiger partial charge is 0.322 e. The summed E-state index contributed by atoms with van der Waals surface area (Å²) in [6.07, 6.45) is 2.40. The maximum atomic E-state index is 10.4. The summed E-state index contributed by atoms with van der Waals surface area (Å²) in [4.78, 5) is 18.5. The number of nitrogens with zero attached hydrogens (tertiary/aromatic N) is 2. The second-order valence-electron chi connectivity index (χ2n) is 3.64. The zero-order valence-electron chi connectivity index (χ0n) is 8.72. The lowest BCUT2D eigenvalue weighted by Crippen LogP contribution is -2.14. The second-order valence-corrected chi connectivity index (χ2v) is 3.64. The number of aromatic nitrogens is 2. The average Bonchev–Trinajstić information content (AvgIpc) is 2.80. The van der Waals surface area contributed by atoms with E-state index in [2.05, 4.69) is 15.3 Å². The molecular weight excluding hydrogens is 210 g/mol. The van der Waals surface area contributed by atoms with Gasteiger partial charge in [0.2, 0.25) is 0 Å². The Balaban J connectivity index is 2.03. The molecule has 2 rings (SSSR count). The van der Waals surface area contributed by atoms with Crippen molar-refractivity contribution in [3.63, 3.8) is 0 Å². The first kappa shape index (κ1) is 10.8. The van der Waals surface area contributed by atoms with Crippen LogP contribution in [0, 0.1) is 0 Å². The maximum Gasteiger partial charge on any atom is 0.322 e. The van der Waals surface area contributed by atoms with Gasteiger partial charge >= 0.3 is 5.97 Å². The quantitative estimate of drug-likeness (QED) is 0.772. The van der Waals surface area contributed by atoms with Gasteiger partial charge in [-0.2, -0.15) is 0 Å². The number of ether oxygens (including phenoxy) is 1. The van der Waals surface area contributed by atoms with Crippen LogP contribution in [0.15, 0.2) is 12.4 Å². The van der Waals surface area contributed by atoms with Gasteiger partial charge in [-0.3, -0.25) is 4.79 Å². The number of anilines is 1. The molecule has 1 aliphatic heterocycles. The summed E-state index contributed by atoms with van der Waals surface area (Å²) in [7, 11) is 0. The molecule has 2 N–H and O–H groups in total. The summed E-state index contributed by atoms with van der Waals surface area (Å²) >= 11 is 0. The van der Waals surface area contributed by atoms with Crippen molar-refractivity contribution in [2.75, 3.05) is 25.1 Å². The summed E-state index contributed by atoms with van der Waals surface area (Å²) in [5.41, 5.74) is 0.903. The molecular formula is C10H13N3O3. The largest absolute Gasteiger partial charge is 0.480 e. The molecule has 2 heterocycles. The average molecular weight is 223 g/mol. The molecule has 1 saturated heterocycles. The van der Waals surface area contributed by atoms with Crippen LogP contribution in [0.3, 0.4) is 0 Å². The van der Waals surface area contributed by atoms with E-state index in [0.29, 0.717) is 18.3 Å². The lowest BCUT2D eigenvalue weighted by molar-refractivity contribution is -0.134. The Morgan fingerprint density at radius 3 is 3.19 bits per heavy atom. The van der Waals surface area contributed by atoms with Gasteiger partial charge < -0.3 is 15.2 Å². The molecule has 1 fully saturated rings. The topological polar surface area (TPSA) is 84.3 Å². The fourth-order valence-electron chi connectivity index (χ4n) is 1.63. The van der Waals surface area contributed by atoms with Gasteiger partial charge in [-0.05, 0) is 6.42 Å². The van der Waals surface area contributed by atoms with Crippen molar-refractivity contribution in [2.45, 2.75) is 12.3 Å². The molecule has 0 spiro atoms. The van der Waals surface area contributed by atoms with Gasteiger partial charge in [-0.25, -0.2) is 9.97 Å². The fraction of sp³-hybridized carbons (Fsp3) is 0.500. The van der Waals surface area contributed by atoms with Gasteiger partial charge in [0.05, 0.1) is 12.3 Å². The van der Waals surface area contributed by atoms with Gasteiger partial charge in [-0.15, -0.1) is 0 Å². The lowest BCUT2D eigenvalue weighted by Gasteiger charge is -2.08. The minimum Gasteiger partial charge on any atom is -0.480 e. The first-order chi connectivity index (χ1) is 7.75. The van der Waals surface area contributed by atoms with E-state index in [1.807, 2.05) is 0 Å². The summed E-state index contributed by atoms with van der Waals surface area (Å²) < 4.78 is 5.27. The molecule has 0 radical (unpaired) electrons. The van der Waals surface area contributed by atoms with Crippen LogP contribution in [0.1, 0.15) is 18.0 Å². The van der Waals surface area contributed by atoms with Crippen molar-refractivity contribution in [1.29, 1.82) is 0 Å². The van der Waals surface area contributed by atoms with Gasteiger partial charge in [0.15, 0.2) is 0 Å². The summed E-state index contributed by atoms with van der Waals surface area (Å²) in [5, 5.41) is 11.2. The first-order valence-electron chi connectivity index (χ1n) is 5.11. The van der Waals surface area contributed by atoms with Crippen LogP contribution >= 0.6 is 0 Å². The van der Waals surface area contributed by atoms with Crippen molar-refractivity contribution in [2.24, 2.45) is 0 Å². The standard InChI is InChI=1S/C10H13N3O3/c14-10(15)4-11-9-3-8(12-6-13-9)7-1-2-16-5-7/h3,6-7H,1-2,4-5H2,(H,14,15)(H,11,12,13)/t7-/m1/s1. The summed E-state index contributed by atoms with van der Waals surface area (Å²) in [6, 6.07) is 1.78. The van der Waals surface area contributed by atoms with E-state index in [1.165, 1.54) is 6.33 Å². The molecule has 0 aliphatic carbocycles. The first-order valence-corrected chi connectivity index (χ1v) is 5.11. The Bertz CT molecular complexity index is 377. The molecule has 0 bridgehead atoms. The van der Waals surface area contributed by atoms with Crippen molar-refractivity contribution in [3.8, 4) is 0 Å². The molecule has 0 amide bonds. The number of nitrogens with one attached hydrogen (secondary N) is 1. The number of carboxylic acid groups (broad SMARTS) is 1. The molecule has 1 aliphatic rings. The van der Waals surface area contributed by atoms with Crippen molar-refractivity contribution in [1.82, 2.24) is 9.97 Å². The number of hydrogen-bond acceptors (Lipinski definition) is 5.